The molecule has 127 heavy (non-hydrogen) atoms. The molecule has 21 nitrogen and oxygen atoms in total. The Labute approximate surface area is 808 Å². The van der Waals surface area contributed by atoms with Crippen molar-refractivity contribution in [3.8, 4) is 0 Å². The van der Waals surface area contributed by atoms with Gasteiger partial charge >= 0.3 is 0 Å². The van der Waals surface area contributed by atoms with Gasteiger partial charge in [-0.2, -0.15) is 0 Å². The lowest BCUT2D eigenvalue weighted by Crippen LogP contribution is -2.58. The number of ether oxygens (including phenoxy) is 3. The zero-order valence-corrected chi connectivity index (χ0v) is 101. The van der Waals surface area contributed by atoms with Crippen molar-refractivity contribution in [1.29, 1.82) is 0 Å². The van der Waals surface area contributed by atoms with E-state index in [-0.39, 0.29) is 46.6 Å². The smallest absolute Gasteiger partial charge is 0.279 e. The van der Waals surface area contributed by atoms with Crippen LogP contribution in [0.3, 0.4) is 0 Å². The van der Waals surface area contributed by atoms with Gasteiger partial charge in [0, 0.05) is 121 Å². The summed E-state index contributed by atoms with van der Waals surface area (Å²) < 4.78 is 78.8. The van der Waals surface area contributed by atoms with Crippen LogP contribution in [0.1, 0.15) is 335 Å². The number of nitrogens with zero attached hydrogens (tertiary/aromatic N) is 6. The van der Waals surface area contributed by atoms with E-state index in [4.69, 9.17) is 45.5 Å². The molecule has 0 aromatic rings. The van der Waals surface area contributed by atoms with Crippen molar-refractivity contribution in [1.82, 2.24) is 38.7 Å². The molecule has 0 aromatic heterocycles. The molecule has 0 unspecified atom stereocenters. The van der Waals surface area contributed by atoms with Crippen molar-refractivity contribution in [3.05, 3.63) is 0 Å². The van der Waals surface area contributed by atoms with Crippen molar-refractivity contribution in [2.75, 3.05) is 110 Å². The summed E-state index contributed by atoms with van der Waals surface area (Å²) in [7, 11) is -10.4. The zero-order valence-electron chi connectivity index (χ0n) is 92.2. The van der Waals surface area contributed by atoms with E-state index in [1.807, 2.05) is 0 Å². The van der Waals surface area contributed by atoms with Gasteiger partial charge in [0.2, 0.25) is 0 Å². The molecule has 0 rings (SSSR count). The summed E-state index contributed by atoms with van der Waals surface area (Å²) in [5, 5.41) is 7.98. The summed E-state index contributed by atoms with van der Waals surface area (Å²) in [4.78, 5) is 38.6. The molecule has 31 heteroatoms. The predicted octanol–water partition coefficient (Wildman–Crippen LogP) is 27.8. The molecule has 0 heterocycles. The molecule has 0 radical (unpaired) electrons. The maximum Gasteiger partial charge on any atom is 0.279 e. The van der Waals surface area contributed by atoms with Crippen LogP contribution in [0.2, 0.25) is 72.5 Å². The van der Waals surface area contributed by atoms with Crippen molar-refractivity contribution >= 4 is 109 Å². The Hall–Kier alpha value is 1.34. The first-order chi connectivity index (χ1) is 58.0. The number of hydrogen-bond acceptors (Lipinski definition) is 23. The molecule has 0 saturated heterocycles. The minimum atomic E-state index is -2.02. The van der Waals surface area contributed by atoms with Crippen LogP contribution in [0.25, 0.3) is 0 Å². The number of amides is 1. The Kier molecular flexibility index (Phi) is 65.9. The van der Waals surface area contributed by atoms with E-state index in [9.17, 15) is 14.4 Å². The summed E-state index contributed by atoms with van der Waals surface area (Å²) in [6.45, 7) is 118. The van der Waals surface area contributed by atoms with Crippen molar-refractivity contribution < 1.29 is 59.9 Å². The molecular formula is C96H211N8O13P3S3Si4. The summed E-state index contributed by atoms with van der Waals surface area (Å²) in [5.41, 5.74) is -0.583. The number of carbonyl (C=O) groups is 3. The second-order valence-corrected chi connectivity index (χ2v) is 72.1. The highest BCUT2D eigenvalue weighted by Gasteiger charge is 2.47. The number of carbonyl (C=O) groups excluding carboxylic acids is 3. The minimum absolute atomic E-state index is 0.0584. The van der Waals surface area contributed by atoms with Gasteiger partial charge in [-0.15, -0.1) is 0 Å². The van der Waals surface area contributed by atoms with Gasteiger partial charge in [0.1, 0.15) is 0 Å². The first-order valence-electron chi connectivity index (χ1n) is 49.2. The Morgan fingerprint density at radius 1 is 0.307 bits per heavy atom. The minimum Gasteiger partial charge on any atom is -0.416 e. The molecule has 1 amide bonds. The molecule has 0 aromatic carbocycles. The van der Waals surface area contributed by atoms with Crippen LogP contribution in [-0.4, -0.2) is 270 Å². The van der Waals surface area contributed by atoms with Gasteiger partial charge in [-0.05, 0) is 283 Å². The van der Waals surface area contributed by atoms with Gasteiger partial charge < -0.3 is 56.1 Å². The quantitative estimate of drug-likeness (QED) is 0.0332. The maximum absolute atomic E-state index is 13.3. The van der Waals surface area contributed by atoms with Gasteiger partial charge in [0.15, 0.2) is 68.9 Å². The Morgan fingerprint density at radius 2 is 0.535 bits per heavy atom. The monoisotopic (exact) mass is 1990 g/mol. The lowest BCUT2D eigenvalue weighted by Gasteiger charge is -2.45. The van der Waals surface area contributed by atoms with Crippen LogP contribution >= 0.6 is 60.6 Å². The highest BCUT2D eigenvalue weighted by atomic mass is 32.2. The average molecular weight is 1990 g/mol. The third kappa shape index (κ3) is 49.8. The van der Waals surface area contributed by atoms with Gasteiger partial charge in [-0.3, -0.25) is 14.4 Å². The van der Waals surface area contributed by atoms with E-state index in [0.29, 0.717) is 188 Å². The summed E-state index contributed by atoms with van der Waals surface area (Å²) in [6.07, 6.45) is 6.78. The van der Waals surface area contributed by atoms with E-state index < -0.39 is 64.2 Å². The second kappa shape index (κ2) is 63.2. The third-order valence-corrected chi connectivity index (χ3v) is 55.6. The van der Waals surface area contributed by atoms with E-state index in [2.05, 4.69) is 375 Å². The van der Waals surface area contributed by atoms with Crippen LogP contribution in [0.15, 0.2) is 0 Å². The molecule has 0 aliphatic carbocycles. The topological polar surface area (TPSA) is 187 Å². The standard InChI is InChI=1S/C34H76N3O5PSSi2.C31H68N3O4PSSi.C31H67N2O4PSSi/c1-20-34(25-41-45(16,17)32(10,11)12,26-42-46(18,19)33(13,14)15)35-31(38)44-24-23-39-21-22-40-43(36(27(2)3)28(4)5)37(29(6)7)30(8)9;1-16-31(17-2,24-38-41(14,15)30(11,12)13)32-19-18-29(35)40-23-22-36-20-21-37-39(33(25(3)4)26(5)6)34(27(7)8)28(9)10;1-16-31(17-2,24-37-40(14,15)30(11,12)13)19-18-29(34)39-23-22-35-20-21-36-38(32(25(3)4)26(5)6)33(27(7)8)28(9)10/h27-30H,20-26H2,1-19H3,(H,35,38);25-28,32H,16-24H2,1-15H3;25-28H,16-24H2,1-15H3. The highest BCUT2D eigenvalue weighted by molar-refractivity contribution is 8.14. The molecule has 762 valence electrons. The summed E-state index contributed by atoms with van der Waals surface area (Å²) in [5.74, 6) is 1.93. The van der Waals surface area contributed by atoms with E-state index in [0.717, 1.165) is 45.1 Å². The Balaban J connectivity index is -0.00000182. The number of rotatable bonds is 64. The van der Waals surface area contributed by atoms with Crippen molar-refractivity contribution in [3.63, 3.8) is 0 Å². The molecule has 0 atom stereocenters. The van der Waals surface area contributed by atoms with E-state index >= 15 is 0 Å². The number of nitrogens with one attached hydrogen (secondary N) is 2. The van der Waals surface area contributed by atoms with Crippen molar-refractivity contribution in [2.45, 2.75) is 491 Å². The first kappa shape index (κ1) is 132. The van der Waals surface area contributed by atoms with Gasteiger partial charge in [-0.1, -0.05) is 153 Å². The SMILES string of the molecule is CCC(CC)(CCC(=O)SCCOCCOP(N(C(C)C)C(C)C)N(C(C)C)C(C)C)CO[Si](C)(C)C(C)(C)C.CCC(CC)(CO[Si](C)(C)C(C)(C)C)NCCC(=O)SCCOCCOP(N(C(C)C)C(C)C)N(C(C)C)C(C)C.CCC(CO[Si](C)(C)C(C)(C)C)(CO[Si](C)(C)C(C)(C)C)NC(=O)SCCOCCOP(N(C(C)C)C(C)C)N(C(C)C)C(C)C. The fourth-order valence-corrected chi connectivity index (χ4v) is 26.9. The summed E-state index contributed by atoms with van der Waals surface area (Å²) in [6, 6.07) is 4.64. The predicted molar refractivity (Wildman–Crippen MR) is 573 cm³/mol. The molecule has 0 bridgehead atoms. The van der Waals surface area contributed by atoms with Crippen LogP contribution in [0, 0.1) is 5.41 Å². The van der Waals surface area contributed by atoms with Gasteiger partial charge in [0.05, 0.1) is 84.8 Å². The Morgan fingerprint density at radius 3 is 0.764 bits per heavy atom. The van der Waals surface area contributed by atoms with E-state index in [1.165, 1.54) is 35.3 Å². The lowest BCUT2D eigenvalue weighted by molar-refractivity contribution is -0.112. The highest BCUT2D eigenvalue weighted by Crippen LogP contribution is 2.54. The molecule has 0 fully saturated rings. The summed E-state index contributed by atoms with van der Waals surface area (Å²) >= 11 is 4.05. The normalized spacial score (nSPS) is 14.0. The van der Waals surface area contributed by atoms with Crippen molar-refractivity contribution in [2.24, 2.45) is 5.41 Å². The van der Waals surface area contributed by atoms with Crippen LogP contribution in [-0.2, 0) is 55.1 Å². The fraction of sp³-hybridized carbons (Fsp3) is 0.969. The average Bonchev–Trinajstić information content (AvgIpc) is 0.790. The zero-order chi connectivity index (χ0) is 99.6. The van der Waals surface area contributed by atoms with Gasteiger partial charge in [-0.25, -0.2) is 28.0 Å². The first-order valence-corrected chi connectivity index (χ1v) is 67.3. The molecule has 0 saturated carbocycles. The van der Waals surface area contributed by atoms with Crippen LogP contribution in [0.5, 0.6) is 0 Å². The van der Waals surface area contributed by atoms with Crippen LogP contribution in [0.4, 0.5) is 4.79 Å². The van der Waals surface area contributed by atoms with Gasteiger partial charge in [0.25, 0.3) is 5.24 Å². The molecule has 0 spiro atoms. The fourth-order valence-electron chi connectivity index (χ4n) is 13.6. The van der Waals surface area contributed by atoms with Crippen LogP contribution < -0.4 is 10.6 Å². The Bertz CT molecular complexity index is 2750. The van der Waals surface area contributed by atoms with E-state index in [1.54, 1.807) is 0 Å². The lowest BCUT2D eigenvalue weighted by atomic mass is 9.79. The largest absolute Gasteiger partial charge is 0.416 e. The third-order valence-electron chi connectivity index (χ3n) is 26.0. The number of thioether (sulfide) groups is 3. The molecule has 2 N–H and O–H groups in total. The number of hydrogen-bond donors (Lipinski definition) is 2. The molecular weight excluding hydrogens is 1770 g/mol. The molecule has 0 aliphatic rings. The maximum atomic E-state index is 13.3. The second-order valence-electron chi connectivity index (χ2n) is 44.4. The molecule has 0 aliphatic heterocycles.